The maximum atomic E-state index is 12.2. The number of benzene rings is 2. The molecule has 0 bridgehead atoms. The van der Waals surface area contributed by atoms with Crippen molar-refractivity contribution >= 4 is 23.2 Å². The van der Waals surface area contributed by atoms with E-state index in [1.165, 1.54) is 25.3 Å². The first kappa shape index (κ1) is 17.0. The van der Waals surface area contributed by atoms with Gasteiger partial charge in [0.05, 0.1) is 18.6 Å². The molecule has 1 N–H and O–H groups in total. The lowest BCUT2D eigenvalue weighted by Crippen LogP contribution is -2.15. The van der Waals surface area contributed by atoms with Gasteiger partial charge in [0, 0.05) is 11.3 Å². The summed E-state index contributed by atoms with van der Waals surface area (Å²) in [5.41, 5.74) is 1.12. The van der Waals surface area contributed by atoms with E-state index in [9.17, 15) is 13.6 Å². The zero-order valence-electron chi connectivity index (χ0n) is 12.2. The molecular weight excluding hydrogens is 328 g/mol. The summed E-state index contributed by atoms with van der Waals surface area (Å²) in [6, 6.07) is 11.2. The first-order valence-electron chi connectivity index (χ1n) is 6.65. The van der Waals surface area contributed by atoms with Crippen molar-refractivity contribution in [1.82, 2.24) is 0 Å². The summed E-state index contributed by atoms with van der Waals surface area (Å²) in [4.78, 5) is 12.1. The van der Waals surface area contributed by atoms with Crippen LogP contribution < -0.4 is 14.8 Å². The number of carbonyl (C=O) groups excluding carboxylic acids is 1. The van der Waals surface area contributed by atoms with E-state index in [-0.39, 0.29) is 23.1 Å². The SMILES string of the molecule is COc1ccccc1CC(=O)Nc1ccc(OC(F)F)c(Cl)c1. The molecule has 1 amide bonds. The lowest BCUT2D eigenvalue weighted by atomic mass is 10.1. The van der Waals surface area contributed by atoms with Gasteiger partial charge in [-0.3, -0.25) is 4.79 Å². The molecule has 2 rings (SSSR count). The van der Waals surface area contributed by atoms with Crippen molar-refractivity contribution in [3.8, 4) is 11.5 Å². The molecule has 122 valence electrons. The molecule has 0 aliphatic heterocycles. The molecule has 0 aliphatic carbocycles. The third kappa shape index (κ3) is 4.82. The Balaban J connectivity index is 2.04. The van der Waals surface area contributed by atoms with E-state index in [1.54, 1.807) is 18.2 Å². The van der Waals surface area contributed by atoms with Crippen LogP contribution in [0.15, 0.2) is 42.5 Å². The van der Waals surface area contributed by atoms with E-state index in [0.29, 0.717) is 11.4 Å². The van der Waals surface area contributed by atoms with Crippen molar-refractivity contribution in [2.75, 3.05) is 12.4 Å². The van der Waals surface area contributed by atoms with Crippen LogP contribution in [0.5, 0.6) is 11.5 Å². The summed E-state index contributed by atoms with van der Waals surface area (Å²) in [6.07, 6.45) is 0.108. The van der Waals surface area contributed by atoms with E-state index in [0.717, 1.165) is 5.56 Å². The molecule has 0 aromatic heterocycles. The van der Waals surface area contributed by atoms with Gasteiger partial charge >= 0.3 is 6.61 Å². The molecule has 23 heavy (non-hydrogen) atoms. The molecule has 0 saturated heterocycles. The summed E-state index contributed by atoms with van der Waals surface area (Å²) in [7, 11) is 1.53. The average molecular weight is 342 g/mol. The average Bonchev–Trinajstić information content (AvgIpc) is 2.50. The number of methoxy groups -OCH3 is 1. The largest absolute Gasteiger partial charge is 0.496 e. The fourth-order valence-electron chi connectivity index (χ4n) is 2.00. The standard InChI is InChI=1S/C16H14ClF2NO3/c1-22-13-5-3-2-4-10(13)8-15(21)20-11-6-7-14(12(17)9-11)23-16(18)19/h2-7,9,16H,8H2,1H3,(H,20,21). The summed E-state index contributed by atoms with van der Waals surface area (Å²) < 4.78 is 33.7. The van der Waals surface area contributed by atoms with E-state index < -0.39 is 6.61 Å². The molecule has 0 fully saturated rings. The van der Waals surface area contributed by atoms with Crippen LogP contribution in [-0.4, -0.2) is 19.6 Å². The van der Waals surface area contributed by atoms with Gasteiger partial charge in [0.1, 0.15) is 11.5 Å². The summed E-state index contributed by atoms with van der Waals surface area (Å²) in [5.74, 6) is 0.179. The Morgan fingerprint density at radius 2 is 1.96 bits per heavy atom. The molecular formula is C16H14ClF2NO3. The number of ether oxygens (including phenoxy) is 2. The minimum atomic E-state index is -2.96. The molecule has 0 spiro atoms. The molecule has 2 aromatic carbocycles. The molecule has 0 saturated carbocycles. The fraction of sp³-hybridized carbons (Fsp3) is 0.188. The predicted octanol–water partition coefficient (Wildman–Crippen LogP) is 4.13. The maximum Gasteiger partial charge on any atom is 0.387 e. The first-order valence-corrected chi connectivity index (χ1v) is 7.03. The van der Waals surface area contributed by atoms with Crippen molar-refractivity contribution in [2.45, 2.75) is 13.0 Å². The smallest absolute Gasteiger partial charge is 0.387 e. The van der Waals surface area contributed by atoms with E-state index in [1.807, 2.05) is 6.07 Å². The number of rotatable bonds is 6. The predicted molar refractivity (Wildman–Crippen MR) is 83.4 cm³/mol. The van der Waals surface area contributed by atoms with Gasteiger partial charge in [-0.15, -0.1) is 0 Å². The van der Waals surface area contributed by atoms with Gasteiger partial charge in [0.25, 0.3) is 0 Å². The second-order valence-electron chi connectivity index (χ2n) is 4.56. The van der Waals surface area contributed by atoms with Crippen LogP contribution in [0.1, 0.15) is 5.56 Å². The number of halogens is 3. The molecule has 0 unspecified atom stereocenters. The molecule has 0 aliphatic rings. The molecule has 2 aromatic rings. The lowest BCUT2D eigenvalue weighted by molar-refractivity contribution is -0.115. The van der Waals surface area contributed by atoms with E-state index >= 15 is 0 Å². The number of amides is 1. The molecule has 7 heteroatoms. The van der Waals surface area contributed by atoms with Crippen molar-refractivity contribution < 1.29 is 23.0 Å². The van der Waals surface area contributed by atoms with Crippen molar-refractivity contribution in [1.29, 1.82) is 0 Å². The minimum absolute atomic E-state index is 0.0135. The van der Waals surface area contributed by atoms with Gasteiger partial charge in [-0.25, -0.2) is 0 Å². The fourth-order valence-corrected chi connectivity index (χ4v) is 2.22. The highest BCUT2D eigenvalue weighted by molar-refractivity contribution is 6.32. The summed E-state index contributed by atoms with van der Waals surface area (Å²) in [5, 5.41) is 2.63. The highest BCUT2D eigenvalue weighted by Crippen LogP contribution is 2.29. The number of carbonyl (C=O) groups is 1. The van der Waals surface area contributed by atoms with Crippen molar-refractivity contribution in [2.24, 2.45) is 0 Å². The number of hydrogen-bond acceptors (Lipinski definition) is 3. The number of anilines is 1. The van der Waals surface area contributed by atoms with E-state index in [2.05, 4.69) is 10.1 Å². The number of nitrogens with one attached hydrogen (secondary N) is 1. The zero-order chi connectivity index (χ0) is 16.8. The quantitative estimate of drug-likeness (QED) is 0.859. The topological polar surface area (TPSA) is 47.6 Å². The summed E-state index contributed by atoms with van der Waals surface area (Å²) >= 11 is 5.84. The van der Waals surface area contributed by atoms with Crippen molar-refractivity contribution in [3.05, 3.63) is 53.1 Å². The Labute approximate surface area is 137 Å². The third-order valence-corrected chi connectivity index (χ3v) is 3.27. The Kier molecular flexibility index (Phi) is 5.76. The van der Waals surface area contributed by atoms with E-state index in [4.69, 9.17) is 16.3 Å². The zero-order valence-corrected chi connectivity index (χ0v) is 12.9. The molecule has 0 radical (unpaired) electrons. The molecule has 0 atom stereocenters. The Bertz CT molecular complexity index is 695. The van der Waals surface area contributed by atoms with Gasteiger partial charge in [0.2, 0.25) is 5.91 Å². The second kappa shape index (κ2) is 7.78. The lowest BCUT2D eigenvalue weighted by Gasteiger charge is -2.11. The minimum Gasteiger partial charge on any atom is -0.496 e. The number of hydrogen-bond donors (Lipinski definition) is 1. The van der Waals surface area contributed by atoms with Crippen LogP contribution in [0.3, 0.4) is 0 Å². The molecule has 0 heterocycles. The van der Waals surface area contributed by atoms with Crippen LogP contribution in [0, 0.1) is 0 Å². The van der Waals surface area contributed by atoms with Crippen LogP contribution in [0.2, 0.25) is 5.02 Å². The van der Waals surface area contributed by atoms with Gasteiger partial charge in [-0.2, -0.15) is 8.78 Å². The Hall–Kier alpha value is -2.34. The van der Waals surface area contributed by atoms with Gasteiger partial charge in [-0.1, -0.05) is 29.8 Å². The van der Waals surface area contributed by atoms with Crippen LogP contribution in [0.4, 0.5) is 14.5 Å². The van der Waals surface area contributed by atoms with Gasteiger partial charge in [-0.05, 0) is 24.3 Å². The van der Waals surface area contributed by atoms with Gasteiger partial charge < -0.3 is 14.8 Å². The third-order valence-electron chi connectivity index (χ3n) is 2.98. The van der Waals surface area contributed by atoms with Crippen LogP contribution in [0.25, 0.3) is 0 Å². The first-order chi connectivity index (χ1) is 11.0. The second-order valence-corrected chi connectivity index (χ2v) is 4.97. The highest BCUT2D eigenvalue weighted by atomic mass is 35.5. The van der Waals surface area contributed by atoms with Crippen LogP contribution in [-0.2, 0) is 11.2 Å². The normalized spacial score (nSPS) is 10.5. The number of alkyl halides is 2. The Morgan fingerprint density at radius 1 is 1.22 bits per heavy atom. The summed E-state index contributed by atoms with van der Waals surface area (Å²) in [6.45, 7) is -2.96. The van der Waals surface area contributed by atoms with Crippen molar-refractivity contribution in [3.63, 3.8) is 0 Å². The Morgan fingerprint density at radius 3 is 2.61 bits per heavy atom. The van der Waals surface area contributed by atoms with Crippen LogP contribution >= 0.6 is 11.6 Å². The maximum absolute atomic E-state index is 12.2. The monoisotopic (exact) mass is 341 g/mol. The number of para-hydroxylation sites is 1. The van der Waals surface area contributed by atoms with Gasteiger partial charge in [0.15, 0.2) is 0 Å². The highest BCUT2D eigenvalue weighted by Gasteiger charge is 2.12. The molecule has 4 nitrogen and oxygen atoms in total.